The average Bonchev–Trinajstić information content (AvgIpc) is 3.22. The second-order valence-corrected chi connectivity index (χ2v) is 6.79. The molecule has 146 valence electrons. The Morgan fingerprint density at radius 2 is 1.79 bits per heavy atom. The molecule has 1 saturated heterocycles. The highest BCUT2D eigenvalue weighted by atomic mass is 16.6. The topological polar surface area (TPSA) is 113 Å². The molecule has 0 aromatic heterocycles. The van der Waals surface area contributed by atoms with Gasteiger partial charge in [-0.25, -0.2) is 0 Å². The predicted octanol–water partition coefficient (Wildman–Crippen LogP) is 3.64. The Morgan fingerprint density at radius 3 is 2.36 bits per heavy atom. The van der Waals surface area contributed by atoms with Gasteiger partial charge >= 0.3 is 5.97 Å². The molecule has 0 spiro atoms. The predicted molar refractivity (Wildman–Crippen MR) is 105 cm³/mol. The number of aliphatic carboxylic acids is 1. The number of rotatable bonds is 6. The van der Waals surface area contributed by atoms with Crippen molar-refractivity contribution < 1.29 is 19.6 Å². The lowest BCUT2D eigenvalue weighted by Crippen LogP contribution is -2.19. The molecule has 2 aromatic rings. The van der Waals surface area contributed by atoms with Crippen LogP contribution in [0.5, 0.6) is 0 Å². The Bertz CT molecular complexity index is 905. The summed E-state index contributed by atoms with van der Waals surface area (Å²) in [6.07, 6.45) is 1.99. The fourth-order valence-electron chi connectivity index (χ4n) is 3.24. The number of hydrogen-bond acceptors (Lipinski definition) is 5. The average molecular weight is 383 g/mol. The second-order valence-electron chi connectivity index (χ2n) is 6.79. The molecule has 1 amide bonds. The van der Waals surface area contributed by atoms with E-state index in [1.807, 2.05) is 4.90 Å². The molecule has 0 saturated carbocycles. The lowest BCUT2D eigenvalue weighted by Gasteiger charge is -2.17. The largest absolute Gasteiger partial charge is 0.481 e. The third kappa shape index (κ3) is 4.11. The number of amides is 1. The maximum Gasteiger partial charge on any atom is 0.310 e. The standard InChI is InChI=1S/C20H21N3O5/c1-13(20(25)26)14-4-7-16(8-5-14)21-19(24)15-6-9-17(18(12-15)23(27)28)22-10-2-3-11-22/h4-9,12-13H,2-3,10-11H2,1H3,(H,21,24)(H,25,26). The molecular weight excluding hydrogens is 362 g/mol. The lowest BCUT2D eigenvalue weighted by atomic mass is 10.0. The molecule has 1 aliphatic heterocycles. The first kappa shape index (κ1) is 19.3. The van der Waals surface area contributed by atoms with Gasteiger partial charge in [0.2, 0.25) is 0 Å². The molecule has 8 nitrogen and oxygen atoms in total. The van der Waals surface area contributed by atoms with E-state index in [2.05, 4.69) is 5.32 Å². The van der Waals surface area contributed by atoms with Crippen molar-refractivity contribution in [2.24, 2.45) is 0 Å². The fraction of sp³-hybridized carbons (Fsp3) is 0.300. The van der Waals surface area contributed by atoms with Crippen molar-refractivity contribution in [2.45, 2.75) is 25.7 Å². The third-order valence-corrected chi connectivity index (χ3v) is 4.92. The minimum atomic E-state index is -0.929. The van der Waals surface area contributed by atoms with E-state index in [9.17, 15) is 19.7 Å². The molecule has 3 rings (SSSR count). The van der Waals surface area contributed by atoms with Crippen molar-refractivity contribution in [3.63, 3.8) is 0 Å². The number of nitro groups is 1. The molecule has 1 fully saturated rings. The van der Waals surface area contributed by atoms with Crippen LogP contribution in [0.1, 0.15) is 41.6 Å². The van der Waals surface area contributed by atoms with E-state index in [1.54, 1.807) is 43.3 Å². The number of nitro benzene ring substituents is 1. The summed E-state index contributed by atoms with van der Waals surface area (Å²) in [5.74, 6) is -2.04. The first-order valence-corrected chi connectivity index (χ1v) is 9.04. The molecule has 0 bridgehead atoms. The number of carbonyl (C=O) groups excluding carboxylic acids is 1. The van der Waals surface area contributed by atoms with Crippen LogP contribution in [0.4, 0.5) is 17.1 Å². The maximum absolute atomic E-state index is 12.5. The summed E-state index contributed by atoms with van der Waals surface area (Å²) in [7, 11) is 0. The van der Waals surface area contributed by atoms with Crippen LogP contribution in [0.3, 0.4) is 0 Å². The van der Waals surface area contributed by atoms with Gasteiger partial charge in [-0.15, -0.1) is 0 Å². The van der Waals surface area contributed by atoms with Crippen LogP contribution in [0, 0.1) is 10.1 Å². The molecule has 0 radical (unpaired) electrons. The Balaban J connectivity index is 1.78. The molecule has 1 unspecified atom stereocenters. The van der Waals surface area contributed by atoms with Gasteiger partial charge in [-0.05, 0) is 49.6 Å². The summed E-state index contributed by atoms with van der Waals surface area (Å²) in [5.41, 5.74) is 1.75. The lowest BCUT2D eigenvalue weighted by molar-refractivity contribution is -0.384. The molecule has 0 aliphatic carbocycles. The van der Waals surface area contributed by atoms with Crippen LogP contribution in [0.2, 0.25) is 0 Å². The molecule has 2 aromatic carbocycles. The molecule has 8 heteroatoms. The van der Waals surface area contributed by atoms with Crippen molar-refractivity contribution in [3.05, 3.63) is 63.7 Å². The first-order valence-electron chi connectivity index (χ1n) is 9.04. The SMILES string of the molecule is CC(C(=O)O)c1ccc(NC(=O)c2ccc(N3CCCC3)c([N+](=O)[O-])c2)cc1. The van der Waals surface area contributed by atoms with E-state index >= 15 is 0 Å². The van der Waals surface area contributed by atoms with Gasteiger partial charge < -0.3 is 15.3 Å². The highest BCUT2D eigenvalue weighted by Crippen LogP contribution is 2.32. The number of carboxylic acid groups (broad SMARTS) is 1. The quantitative estimate of drug-likeness (QED) is 0.582. The molecule has 1 atom stereocenters. The van der Waals surface area contributed by atoms with E-state index in [0.29, 0.717) is 16.9 Å². The van der Waals surface area contributed by atoms with Crippen molar-refractivity contribution in [1.29, 1.82) is 0 Å². The van der Waals surface area contributed by atoms with Crippen LogP contribution < -0.4 is 10.2 Å². The Labute approximate surface area is 161 Å². The van der Waals surface area contributed by atoms with Gasteiger partial charge in [-0.3, -0.25) is 19.7 Å². The number of anilines is 2. The zero-order valence-corrected chi connectivity index (χ0v) is 15.4. The van der Waals surface area contributed by atoms with E-state index in [-0.39, 0.29) is 11.3 Å². The number of carbonyl (C=O) groups is 2. The molecular formula is C20H21N3O5. The smallest absolute Gasteiger partial charge is 0.310 e. The third-order valence-electron chi connectivity index (χ3n) is 4.92. The summed E-state index contributed by atoms with van der Waals surface area (Å²) in [6.45, 7) is 3.12. The Morgan fingerprint density at radius 1 is 1.14 bits per heavy atom. The van der Waals surface area contributed by atoms with E-state index < -0.39 is 22.7 Å². The van der Waals surface area contributed by atoms with Crippen LogP contribution in [0.15, 0.2) is 42.5 Å². The molecule has 1 heterocycles. The number of carboxylic acids is 1. The van der Waals surface area contributed by atoms with Gasteiger partial charge in [0.1, 0.15) is 5.69 Å². The zero-order valence-electron chi connectivity index (χ0n) is 15.4. The summed E-state index contributed by atoms with van der Waals surface area (Å²) >= 11 is 0. The molecule has 2 N–H and O–H groups in total. The van der Waals surface area contributed by atoms with E-state index in [1.165, 1.54) is 6.07 Å². The highest BCUT2D eigenvalue weighted by molar-refractivity contribution is 6.05. The molecule has 28 heavy (non-hydrogen) atoms. The summed E-state index contributed by atoms with van der Waals surface area (Å²) in [5, 5.41) is 23.2. The zero-order chi connectivity index (χ0) is 20.3. The van der Waals surface area contributed by atoms with Crippen molar-refractivity contribution >= 4 is 28.9 Å². The fourth-order valence-corrected chi connectivity index (χ4v) is 3.24. The van der Waals surface area contributed by atoms with Crippen LogP contribution >= 0.6 is 0 Å². The number of benzene rings is 2. The van der Waals surface area contributed by atoms with Crippen molar-refractivity contribution in [3.8, 4) is 0 Å². The van der Waals surface area contributed by atoms with E-state index in [4.69, 9.17) is 5.11 Å². The monoisotopic (exact) mass is 383 g/mol. The maximum atomic E-state index is 12.5. The minimum Gasteiger partial charge on any atom is -0.481 e. The van der Waals surface area contributed by atoms with Gasteiger partial charge in [0.15, 0.2) is 0 Å². The van der Waals surface area contributed by atoms with Gasteiger partial charge in [-0.2, -0.15) is 0 Å². The summed E-state index contributed by atoms with van der Waals surface area (Å²) in [4.78, 5) is 36.5. The number of nitrogens with zero attached hydrogens (tertiary/aromatic N) is 2. The first-order chi connectivity index (χ1) is 13.4. The minimum absolute atomic E-state index is 0.0832. The summed E-state index contributed by atoms with van der Waals surface area (Å²) < 4.78 is 0. The van der Waals surface area contributed by atoms with Crippen LogP contribution in [0.25, 0.3) is 0 Å². The second kappa shape index (κ2) is 8.08. The van der Waals surface area contributed by atoms with Gasteiger partial charge in [0, 0.05) is 30.4 Å². The van der Waals surface area contributed by atoms with Crippen LogP contribution in [-0.4, -0.2) is 35.0 Å². The van der Waals surface area contributed by atoms with Crippen molar-refractivity contribution in [1.82, 2.24) is 0 Å². The Kier molecular flexibility index (Phi) is 5.58. The normalized spacial score (nSPS) is 14.5. The number of nitrogens with one attached hydrogen (secondary N) is 1. The van der Waals surface area contributed by atoms with E-state index in [0.717, 1.165) is 25.9 Å². The van der Waals surface area contributed by atoms with Crippen molar-refractivity contribution in [2.75, 3.05) is 23.3 Å². The molecule has 1 aliphatic rings. The van der Waals surface area contributed by atoms with Gasteiger partial charge in [0.05, 0.1) is 10.8 Å². The van der Waals surface area contributed by atoms with Gasteiger partial charge in [-0.1, -0.05) is 12.1 Å². The van der Waals surface area contributed by atoms with Gasteiger partial charge in [0.25, 0.3) is 11.6 Å². The summed E-state index contributed by atoms with van der Waals surface area (Å²) in [6, 6.07) is 11.0. The number of hydrogen-bond donors (Lipinski definition) is 2. The van der Waals surface area contributed by atoms with Crippen LogP contribution in [-0.2, 0) is 4.79 Å². The Hall–Kier alpha value is -3.42. The highest BCUT2D eigenvalue weighted by Gasteiger charge is 2.24.